The van der Waals surface area contributed by atoms with Gasteiger partial charge in [-0.1, -0.05) is 63.8 Å². The Morgan fingerprint density at radius 2 is 1.04 bits per heavy atom. The molecule has 2 heteroatoms. The zero-order valence-corrected chi connectivity index (χ0v) is 16.7. The van der Waals surface area contributed by atoms with E-state index < -0.39 is 0 Å². The van der Waals surface area contributed by atoms with E-state index in [9.17, 15) is 10.2 Å². The summed E-state index contributed by atoms with van der Waals surface area (Å²) in [6.07, 6.45) is 9.79. The van der Waals surface area contributed by atoms with Crippen molar-refractivity contribution in [2.24, 2.45) is 0 Å². The maximum absolute atomic E-state index is 10.4. The van der Waals surface area contributed by atoms with Crippen molar-refractivity contribution >= 4 is 0 Å². The molecule has 0 saturated heterocycles. The van der Waals surface area contributed by atoms with Crippen LogP contribution in [0.3, 0.4) is 0 Å². The first-order valence-electron chi connectivity index (χ1n) is 10.6. The number of hydrogen-bond acceptors (Lipinski definition) is 2. The van der Waals surface area contributed by atoms with Crippen LogP contribution in [0.4, 0.5) is 0 Å². The monoisotopic (exact) mass is 364 g/mol. The van der Waals surface area contributed by atoms with Gasteiger partial charge in [-0.2, -0.15) is 0 Å². The zero-order chi connectivity index (χ0) is 19.0. The first-order chi connectivity index (χ1) is 13.0. The maximum Gasteiger partial charge on any atom is 0.119 e. The van der Waals surface area contributed by atoms with E-state index in [2.05, 4.69) is 38.1 Å². The summed E-state index contributed by atoms with van der Waals surface area (Å²) in [7, 11) is 0. The molecular weight excluding hydrogens is 332 g/mol. The van der Waals surface area contributed by atoms with Crippen LogP contribution in [0.25, 0.3) is 0 Å². The Morgan fingerprint density at radius 1 is 0.667 bits per heavy atom. The van der Waals surface area contributed by atoms with Crippen molar-refractivity contribution in [2.45, 2.75) is 82.5 Å². The lowest BCUT2D eigenvalue weighted by atomic mass is 9.75. The van der Waals surface area contributed by atoms with Crippen LogP contribution in [0.5, 0.6) is 11.5 Å². The Bertz CT molecular complexity index is 742. The summed E-state index contributed by atoms with van der Waals surface area (Å²) in [6, 6.07) is 12.3. The molecule has 27 heavy (non-hydrogen) atoms. The van der Waals surface area contributed by atoms with Crippen molar-refractivity contribution in [3.05, 3.63) is 58.7 Å². The van der Waals surface area contributed by atoms with Gasteiger partial charge in [0.25, 0.3) is 0 Å². The molecule has 0 bridgehead atoms. The third kappa shape index (κ3) is 3.47. The lowest BCUT2D eigenvalue weighted by molar-refractivity contribution is 0.459. The van der Waals surface area contributed by atoms with Crippen LogP contribution in [-0.2, 0) is 5.41 Å². The van der Waals surface area contributed by atoms with Crippen LogP contribution in [0, 0.1) is 0 Å². The van der Waals surface area contributed by atoms with Gasteiger partial charge in [0.05, 0.1) is 0 Å². The Hall–Kier alpha value is -1.96. The summed E-state index contributed by atoms with van der Waals surface area (Å²) < 4.78 is 0. The van der Waals surface area contributed by atoms with Crippen molar-refractivity contribution in [1.82, 2.24) is 0 Å². The highest BCUT2D eigenvalue weighted by molar-refractivity contribution is 5.48. The van der Waals surface area contributed by atoms with E-state index in [1.54, 1.807) is 0 Å². The van der Waals surface area contributed by atoms with E-state index in [1.165, 1.54) is 62.5 Å². The highest BCUT2D eigenvalue weighted by Crippen LogP contribution is 2.44. The minimum absolute atomic E-state index is 0.165. The molecule has 0 aliphatic heterocycles. The second-order valence-corrected chi connectivity index (χ2v) is 9.13. The van der Waals surface area contributed by atoms with Gasteiger partial charge in [-0.15, -0.1) is 0 Å². The molecular formula is C25H32O2. The standard InChI is InChI=1S/C25H32O2/c1-25(2,19-11-13-23(26)21(15-19)17-7-3-4-8-17)20-12-14-24(27)22(16-20)18-9-5-6-10-18/h11-18,26-27H,3-10H2,1-2H3. The van der Waals surface area contributed by atoms with Crippen LogP contribution in [0.2, 0.25) is 0 Å². The molecule has 2 nitrogen and oxygen atoms in total. The van der Waals surface area contributed by atoms with Gasteiger partial charge in [-0.25, -0.2) is 0 Å². The fourth-order valence-electron chi connectivity index (χ4n) is 5.18. The maximum atomic E-state index is 10.4. The molecule has 0 radical (unpaired) electrons. The zero-order valence-electron chi connectivity index (χ0n) is 16.7. The van der Waals surface area contributed by atoms with E-state index >= 15 is 0 Å². The SMILES string of the molecule is CC(C)(c1ccc(O)c(C2CCCC2)c1)c1ccc(O)c(C2CCCC2)c1. The highest BCUT2D eigenvalue weighted by atomic mass is 16.3. The van der Waals surface area contributed by atoms with Crippen LogP contribution in [-0.4, -0.2) is 10.2 Å². The summed E-state index contributed by atoms with van der Waals surface area (Å²) in [4.78, 5) is 0. The smallest absolute Gasteiger partial charge is 0.119 e. The Labute approximate surface area is 163 Å². The van der Waals surface area contributed by atoms with Crippen molar-refractivity contribution in [2.75, 3.05) is 0 Å². The molecule has 144 valence electrons. The van der Waals surface area contributed by atoms with Gasteiger partial charge in [0.15, 0.2) is 0 Å². The first-order valence-corrected chi connectivity index (χ1v) is 10.6. The van der Waals surface area contributed by atoms with Crippen LogP contribution in [0.1, 0.15) is 99.3 Å². The minimum atomic E-state index is -0.165. The fourth-order valence-corrected chi connectivity index (χ4v) is 5.18. The molecule has 0 amide bonds. The van der Waals surface area contributed by atoms with Gasteiger partial charge in [0.2, 0.25) is 0 Å². The van der Waals surface area contributed by atoms with E-state index in [0.717, 1.165) is 11.1 Å². The van der Waals surface area contributed by atoms with Crippen LogP contribution >= 0.6 is 0 Å². The van der Waals surface area contributed by atoms with Gasteiger partial charge in [-0.05, 0) is 71.9 Å². The second-order valence-electron chi connectivity index (χ2n) is 9.13. The van der Waals surface area contributed by atoms with Gasteiger partial charge in [-0.3, -0.25) is 0 Å². The summed E-state index contributed by atoms with van der Waals surface area (Å²) in [6.45, 7) is 4.51. The number of aromatic hydroxyl groups is 2. The number of benzene rings is 2. The van der Waals surface area contributed by atoms with E-state index in [4.69, 9.17) is 0 Å². The Morgan fingerprint density at radius 3 is 1.41 bits per heavy atom. The number of hydrogen-bond donors (Lipinski definition) is 2. The topological polar surface area (TPSA) is 40.5 Å². The van der Waals surface area contributed by atoms with Crippen molar-refractivity contribution in [3.63, 3.8) is 0 Å². The lowest BCUT2D eigenvalue weighted by Crippen LogP contribution is -2.20. The van der Waals surface area contributed by atoms with E-state index in [1.807, 2.05) is 12.1 Å². The molecule has 2 aliphatic carbocycles. The van der Waals surface area contributed by atoms with Crippen molar-refractivity contribution in [1.29, 1.82) is 0 Å². The highest BCUT2D eigenvalue weighted by Gasteiger charge is 2.29. The molecule has 2 N–H and O–H groups in total. The normalized spacial score (nSPS) is 19.0. The number of rotatable bonds is 4. The van der Waals surface area contributed by atoms with E-state index in [0.29, 0.717) is 23.3 Å². The summed E-state index contributed by atoms with van der Waals surface area (Å²) in [5.74, 6) is 1.88. The van der Waals surface area contributed by atoms with Crippen molar-refractivity contribution in [3.8, 4) is 11.5 Å². The molecule has 0 unspecified atom stereocenters. The Balaban J connectivity index is 1.70. The molecule has 2 aliphatic rings. The summed E-state index contributed by atoms with van der Waals surface area (Å²) in [5.41, 5.74) is 4.55. The third-order valence-corrected chi connectivity index (χ3v) is 7.09. The quantitative estimate of drug-likeness (QED) is 0.631. The molecule has 0 heterocycles. The first kappa shape index (κ1) is 18.4. The molecule has 4 rings (SSSR count). The van der Waals surface area contributed by atoms with Gasteiger partial charge in [0.1, 0.15) is 11.5 Å². The predicted molar refractivity (Wildman–Crippen MR) is 111 cm³/mol. The molecule has 0 spiro atoms. The molecule has 0 aromatic heterocycles. The molecule has 2 fully saturated rings. The van der Waals surface area contributed by atoms with Crippen molar-refractivity contribution < 1.29 is 10.2 Å². The van der Waals surface area contributed by atoms with Gasteiger partial charge in [0, 0.05) is 5.41 Å². The number of phenols is 2. The number of phenolic OH excluding ortho intramolecular Hbond substituents is 2. The molecule has 0 atom stereocenters. The van der Waals surface area contributed by atoms with Crippen LogP contribution in [0.15, 0.2) is 36.4 Å². The van der Waals surface area contributed by atoms with Gasteiger partial charge >= 0.3 is 0 Å². The molecule has 2 aromatic rings. The lowest BCUT2D eigenvalue weighted by Gasteiger charge is -2.29. The predicted octanol–water partition coefficient (Wildman–Crippen LogP) is 6.74. The second kappa shape index (κ2) is 7.22. The summed E-state index contributed by atoms with van der Waals surface area (Å²) in [5, 5.41) is 20.8. The van der Waals surface area contributed by atoms with E-state index in [-0.39, 0.29) is 5.41 Å². The average molecular weight is 365 g/mol. The summed E-state index contributed by atoms with van der Waals surface area (Å²) >= 11 is 0. The molecule has 2 saturated carbocycles. The minimum Gasteiger partial charge on any atom is -0.508 e. The average Bonchev–Trinajstić information content (AvgIpc) is 3.36. The Kier molecular flexibility index (Phi) is 4.92. The largest absolute Gasteiger partial charge is 0.508 e. The molecule has 2 aromatic carbocycles. The third-order valence-electron chi connectivity index (χ3n) is 7.09. The fraction of sp³-hybridized carbons (Fsp3) is 0.520. The van der Waals surface area contributed by atoms with Gasteiger partial charge < -0.3 is 10.2 Å². The van der Waals surface area contributed by atoms with Crippen LogP contribution < -0.4 is 0 Å².